The Labute approximate surface area is 621 Å². The maximum atomic E-state index is 13.7. The predicted molar refractivity (Wildman–Crippen MR) is 395 cm³/mol. The fourth-order valence-corrected chi connectivity index (χ4v) is 18.7. The number of terminal acetylenes is 1. The largest absolute Gasteiger partial charge is 0.389 e. The van der Waals surface area contributed by atoms with Crippen LogP contribution in [0.15, 0.2) is 163 Å². The van der Waals surface area contributed by atoms with Crippen molar-refractivity contribution < 1.29 is 56.0 Å². The van der Waals surface area contributed by atoms with Crippen LogP contribution in [-0.4, -0.2) is 79.2 Å². The quantitative estimate of drug-likeness (QED) is 0.0386. The first-order chi connectivity index (χ1) is 50.8. The van der Waals surface area contributed by atoms with Crippen molar-refractivity contribution >= 4 is 58.5 Å². The lowest BCUT2D eigenvalue weighted by molar-refractivity contribution is -0.0661. The van der Waals surface area contributed by atoms with E-state index in [2.05, 4.69) is 51.3 Å². The van der Waals surface area contributed by atoms with Gasteiger partial charge in [-0.05, 0) is 311 Å². The van der Waals surface area contributed by atoms with E-state index in [-0.39, 0.29) is 45.0 Å². The van der Waals surface area contributed by atoms with Gasteiger partial charge in [0.2, 0.25) is 17.7 Å². The highest BCUT2D eigenvalue weighted by Gasteiger charge is 2.66. The van der Waals surface area contributed by atoms with Gasteiger partial charge in [0.05, 0.1) is 69.5 Å². The first kappa shape index (κ1) is 71.5. The third-order valence-electron chi connectivity index (χ3n) is 23.6. The van der Waals surface area contributed by atoms with Gasteiger partial charge in [-0.25, -0.2) is 40.4 Å². The van der Waals surface area contributed by atoms with Gasteiger partial charge in [-0.2, -0.15) is 15.3 Å². The molecule has 22 heteroatoms. The van der Waals surface area contributed by atoms with Gasteiger partial charge >= 0.3 is 0 Å². The van der Waals surface area contributed by atoms with E-state index in [0.29, 0.717) is 83.8 Å². The summed E-state index contributed by atoms with van der Waals surface area (Å²) in [6.07, 6.45) is 31.1. The summed E-state index contributed by atoms with van der Waals surface area (Å²) >= 11 is 1.92. The van der Waals surface area contributed by atoms with Crippen LogP contribution >= 0.6 is 22.6 Å². The fraction of sp³-hybridized carbons (Fsp3) is 0.310. The van der Waals surface area contributed by atoms with Gasteiger partial charge in [0, 0.05) is 30.9 Å². The zero-order valence-electron chi connectivity index (χ0n) is 57.5. The summed E-state index contributed by atoms with van der Waals surface area (Å²) in [5, 5.41) is 49.0. The lowest BCUT2D eigenvalue weighted by Gasteiger charge is -2.46. The monoisotopic (exact) mass is 1550 g/mol. The molecule has 0 saturated heterocycles. The first-order valence-electron chi connectivity index (χ1n) is 35.5. The maximum absolute atomic E-state index is 13.7. The van der Waals surface area contributed by atoms with Crippen LogP contribution in [0.2, 0.25) is 0 Å². The molecule has 6 aromatic carbocycles. The van der Waals surface area contributed by atoms with Gasteiger partial charge in [0.1, 0.15) is 46.1 Å². The summed E-state index contributed by atoms with van der Waals surface area (Å²) in [6.45, 7) is 0. The molecule has 106 heavy (non-hydrogen) atoms. The molecule has 15 nitrogen and oxygen atoms in total. The average molecular weight is 1550 g/mol. The zero-order valence-corrected chi connectivity index (χ0v) is 59.7. The number of nitrogens with zero attached hydrogens (tertiary/aromatic N) is 6. The highest BCUT2D eigenvalue weighted by molar-refractivity contribution is 14.1. The number of hydrogen-bond donors (Lipinski definition) is 6. The second-order valence-electron chi connectivity index (χ2n) is 29.5. The zero-order chi connectivity index (χ0) is 74.4. The number of aliphatic hydroxyl groups is 3. The minimum Gasteiger partial charge on any atom is -0.389 e. The van der Waals surface area contributed by atoms with Crippen LogP contribution in [0.4, 0.5) is 26.3 Å². The molecule has 6 saturated carbocycles. The number of benzene rings is 6. The number of amides is 3. The number of aromatic nitrogens is 6. The second-order valence-corrected chi connectivity index (χ2v) is 30.6. The number of aryl methyl sites for hydroxylation is 1. The molecule has 6 fully saturated rings. The molecule has 3 heterocycles. The third kappa shape index (κ3) is 12.6. The summed E-state index contributed by atoms with van der Waals surface area (Å²) in [5.41, 5.74) is 24.9. The molecule has 9 aliphatic carbocycles. The molecular weight excluding hydrogens is 1470 g/mol. The Hall–Kier alpha value is -10.1. The van der Waals surface area contributed by atoms with Gasteiger partial charge in [0.15, 0.2) is 0 Å². The minimum absolute atomic E-state index is 0.00170. The summed E-state index contributed by atoms with van der Waals surface area (Å²) in [4.78, 5) is 34.3. The summed E-state index contributed by atoms with van der Waals surface area (Å²) in [6, 6.07) is 30.6. The number of nitrogens with two attached hydrogens (primary N) is 3. The van der Waals surface area contributed by atoms with Crippen LogP contribution < -0.4 is 17.2 Å². The van der Waals surface area contributed by atoms with Gasteiger partial charge in [0.25, 0.3) is 0 Å². The molecule has 3 amide bonds. The van der Waals surface area contributed by atoms with Crippen LogP contribution in [0.25, 0.3) is 35.3 Å². The SMILES string of the molecule is C#C[C@]1(O)CCC2=Cc3c(cnn3-c3ccc(F)cc3)C[C@@]21C1CC1.NC(=O)c1cc(F)ccc1C#C[C@]1(O)CCC2=Cc3c(cnn3-c3ccc(F)cc3)C[C@@]21C1CC1.NC(=O)c1cc(F)ccc1CC[C@]1(O)CCC2=Cc3c(cnn3-c3ccc(F)cc3)C[C@@]21C1CC1.NC(=O)c1cc(F)ccc1I. The summed E-state index contributed by atoms with van der Waals surface area (Å²) in [5.74, 6) is 5.53. The smallest absolute Gasteiger partial charge is 0.250 e. The van der Waals surface area contributed by atoms with Gasteiger partial charge in [-0.3, -0.25) is 14.4 Å². The third-order valence-corrected chi connectivity index (χ3v) is 24.6. The molecule has 9 aromatic rings. The lowest BCUT2D eigenvalue weighted by atomic mass is 9.61. The van der Waals surface area contributed by atoms with E-state index in [4.69, 9.17) is 23.6 Å². The Morgan fingerprint density at radius 2 is 0.849 bits per heavy atom. The van der Waals surface area contributed by atoms with Crippen molar-refractivity contribution in [2.75, 3.05) is 0 Å². The van der Waals surface area contributed by atoms with E-state index < -0.39 is 57.4 Å². The van der Waals surface area contributed by atoms with Crippen molar-refractivity contribution in [3.63, 3.8) is 0 Å². The second kappa shape index (κ2) is 27.3. The lowest BCUT2D eigenvalue weighted by Crippen LogP contribution is -2.49. The summed E-state index contributed by atoms with van der Waals surface area (Å²) < 4.78 is 86.1. The molecule has 0 aliphatic heterocycles. The van der Waals surface area contributed by atoms with E-state index in [0.717, 1.165) is 126 Å². The van der Waals surface area contributed by atoms with Crippen LogP contribution in [0.3, 0.4) is 0 Å². The van der Waals surface area contributed by atoms with E-state index >= 15 is 0 Å². The van der Waals surface area contributed by atoms with Crippen LogP contribution in [0.5, 0.6) is 0 Å². The Balaban J connectivity index is 0.000000120. The highest BCUT2D eigenvalue weighted by Crippen LogP contribution is 2.69. The van der Waals surface area contributed by atoms with Gasteiger partial charge < -0.3 is 32.5 Å². The molecule has 18 rings (SSSR count). The minimum atomic E-state index is -1.31. The van der Waals surface area contributed by atoms with E-state index in [1.807, 2.05) is 50.5 Å². The molecular formula is C84H74F6IN9O6. The van der Waals surface area contributed by atoms with Crippen molar-refractivity contribution in [3.8, 4) is 41.2 Å². The van der Waals surface area contributed by atoms with Crippen molar-refractivity contribution in [2.45, 2.75) is 126 Å². The first-order valence-corrected chi connectivity index (χ1v) is 36.6. The van der Waals surface area contributed by atoms with Gasteiger partial charge in [-0.15, -0.1) is 6.42 Å². The Morgan fingerprint density at radius 1 is 0.481 bits per heavy atom. The van der Waals surface area contributed by atoms with Crippen LogP contribution in [0.1, 0.15) is 159 Å². The maximum Gasteiger partial charge on any atom is 0.250 e. The number of hydrogen-bond acceptors (Lipinski definition) is 9. The van der Waals surface area contributed by atoms with Crippen molar-refractivity contribution in [1.82, 2.24) is 29.3 Å². The molecule has 540 valence electrons. The highest BCUT2D eigenvalue weighted by atomic mass is 127. The molecule has 0 unspecified atom stereocenters. The number of carbonyl (C=O) groups is 3. The van der Waals surface area contributed by atoms with Crippen LogP contribution in [0, 0.1) is 96.7 Å². The topological polar surface area (TPSA) is 243 Å². The van der Waals surface area contributed by atoms with Crippen molar-refractivity contribution in [3.05, 3.63) is 263 Å². The average Bonchev–Trinajstić information content (AvgIpc) is 1.54. The standard InChI is InChI=1S/C28H27F2N3O2.C28H23F2N3O2.C21H19FN2O.C7H5FINO/c2*29-21-5-7-23(8-6-21)33-25-13-20-10-12-27(35,28(20,19-2-3-19)15-18(25)16-32-33)11-9-17-1-4-22(30)14-24(17)26(31)34;1-2-20(25)10-9-16-11-19-14(12-21(16,20)15-3-4-15)13-23-24(19)18-7-5-17(22)6-8-18;8-4-1-2-6(9)5(3-4)7(10)11/h1,4-8,13-14,16,19,35H,2-3,9-12,15H2,(H2,31,34);1,4-8,13-14,16,19,35H,2-3,10,12,15H2,(H2,31,34);1,5-8,11,13,15,25H,3-4,9-10,12H2;1-3H,(H2,10,11)/t2*27-,28+;20-,21+;/m000./s1. The number of halogens is 7. The Bertz CT molecular complexity index is 5270. The number of fused-ring (bicyclic) bond motifs is 6. The van der Waals surface area contributed by atoms with Crippen molar-refractivity contribution in [2.24, 2.45) is 51.2 Å². The Morgan fingerprint density at radius 3 is 1.28 bits per heavy atom. The normalized spacial score (nSPS) is 24.6. The number of rotatable bonds is 12. The van der Waals surface area contributed by atoms with E-state index in [1.165, 1.54) is 83.9 Å². The number of primary amides is 3. The molecule has 6 atom stereocenters. The van der Waals surface area contributed by atoms with E-state index in [1.54, 1.807) is 47.1 Å². The molecule has 9 N–H and O–H groups in total. The molecule has 9 aliphatic rings. The van der Waals surface area contributed by atoms with Crippen molar-refractivity contribution in [1.29, 1.82) is 0 Å². The van der Waals surface area contributed by atoms with Gasteiger partial charge in [-0.1, -0.05) is 40.5 Å². The van der Waals surface area contributed by atoms with E-state index in [9.17, 15) is 56.0 Å². The predicted octanol–water partition coefficient (Wildman–Crippen LogP) is 13.9. The van der Waals surface area contributed by atoms with Crippen LogP contribution in [-0.2, 0) is 25.7 Å². The fourth-order valence-electron chi connectivity index (χ4n) is 18.1. The molecule has 0 spiro atoms. The Kier molecular flexibility index (Phi) is 18.4. The summed E-state index contributed by atoms with van der Waals surface area (Å²) in [7, 11) is 0. The molecule has 0 bridgehead atoms. The number of carbonyl (C=O) groups excluding carboxylic acids is 3. The molecule has 3 aromatic heterocycles. The molecule has 0 radical (unpaired) electrons.